The Balaban J connectivity index is 1.77. The highest BCUT2D eigenvalue weighted by atomic mass is 32.1. The van der Waals surface area contributed by atoms with Gasteiger partial charge in [-0.05, 0) is 43.4 Å². The highest BCUT2D eigenvalue weighted by Gasteiger charge is 2.15. The third-order valence-corrected chi connectivity index (χ3v) is 4.60. The van der Waals surface area contributed by atoms with E-state index in [1.165, 1.54) is 29.8 Å². The third-order valence-electron chi connectivity index (χ3n) is 3.45. The molecule has 19 heavy (non-hydrogen) atoms. The van der Waals surface area contributed by atoms with E-state index in [1.54, 1.807) is 12.1 Å². The monoisotopic (exact) mass is 273 g/mol. The SMILES string of the molecule is O=C(O)c1ccc(Cc2nc3c(s2)CCCC3)cc1. The van der Waals surface area contributed by atoms with Crippen LogP contribution in [0.25, 0.3) is 0 Å². The van der Waals surface area contributed by atoms with Crippen LogP contribution in [0.4, 0.5) is 0 Å². The molecule has 1 heterocycles. The third kappa shape index (κ3) is 2.68. The van der Waals surface area contributed by atoms with E-state index in [-0.39, 0.29) is 0 Å². The minimum atomic E-state index is -0.878. The summed E-state index contributed by atoms with van der Waals surface area (Å²) >= 11 is 1.81. The number of hydrogen-bond donors (Lipinski definition) is 1. The molecule has 0 atom stereocenters. The van der Waals surface area contributed by atoms with Crippen molar-refractivity contribution >= 4 is 17.3 Å². The van der Waals surface area contributed by atoms with Crippen LogP contribution >= 0.6 is 11.3 Å². The van der Waals surface area contributed by atoms with Gasteiger partial charge in [0.15, 0.2) is 0 Å². The Kier molecular flexibility index (Phi) is 3.34. The number of thiazole rings is 1. The smallest absolute Gasteiger partial charge is 0.335 e. The van der Waals surface area contributed by atoms with Crippen LogP contribution in [0.2, 0.25) is 0 Å². The van der Waals surface area contributed by atoms with Crippen LogP contribution in [0.5, 0.6) is 0 Å². The molecule has 0 radical (unpaired) electrons. The summed E-state index contributed by atoms with van der Waals surface area (Å²) < 4.78 is 0. The highest BCUT2D eigenvalue weighted by molar-refractivity contribution is 7.11. The van der Waals surface area contributed by atoms with Gasteiger partial charge in [0.2, 0.25) is 0 Å². The molecule has 0 bridgehead atoms. The zero-order valence-electron chi connectivity index (χ0n) is 10.6. The molecule has 4 heteroatoms. The van der Waals surface area contributed by atoms with Gasteiger partial charge in [-0.3, -0.25) is 0 Å². The van der Waals surface area contributed by atoms with Crippen LogP contribution in [0.15, 0.2) is 24.3 Å². The molecule has 1 aromatic heterocycles. The van der Waals surface area contributed by atoms with Crippen molar-refractivity contribution in [3.63, 3.8) is 0 Å². The lowest BCUT2D eigenvalue weighted by molar-refractivity contribution is 0.0697. The molecule has 0 amide bonds. The molecule has 98 valence electrons. The van der Waals surface area contributed by atoms with E-state index in [0.717, 1.165) is 23.4 Å². The van der Waals surface area contributed by atoms with Crippen molar-refractivity contribution < 1.29 is 9.90 Å². The number of aromatic carboxylic acids is 1. The van der Waals surface area contributed by atoms with Crippen molar-refractivity contribution in [1.29, 1.82) is 0 Å². The van der Waals surface area contributed by atoms with Gasteiger partial charge in [-0.15, -0.1) is 11.3 Å². The number of carbonyl (C=O) groups is 1. The van der Waals surface area contributed by atoms with Gasteiger partial charge >= 0.3 is 5.97 Å². The first-order valence-corrected chi connectivity index (χ1v) is 7.34. The van der Waals surface area contributed by atoms with Gasteiger partial charge in [0.1, 0.15) is 0 Å². The topological polar surface area (TPSA) is 50.2 Å². The second kappa shape index (κ2) is 5.13. The Morgan fingerprint density at radius 3 is 2.63 bits per heavy atom. The molecular formula is C15H15NO2S. The Labute approximate surface area is 115 Å². The van der Waals surface area contributed by atoms with E-state index in [1.807, 2.05) is 23.5 Å². The molecule has 0 fully saturated rings. The molecular weight excluding hydrogens is 258 g/mol. The van der Waals surface area contributed by atoms with Gasteiger partial charge in [0.05, 0.1) is 16.3 Å². The predicted octanol–water partition coefficient (Wildman–Crippen LogP) is 3.31. The summed E-state index contributed by atoms with van der Waals surface area (Å²) in [6.45, 7) is 0. The summed E-state index contributed by atoms with van der Waals surface area (Å²) in [7, 11) is 0. The molecule has 2 aromatic rings. The second-order valence-corrected chi connectivity index (χ2v) is 6.03. The molecule has 1 aliphatic carbocycles. The average molecular weight is 273 g/mol. The molecule has 1 aliphatic rings. The first-order valence-electron chi connectivity index (χ1n) is 6.52. The first-order chi connectivity index (χ1) is 9.22. The van der Waals surface area contributed by atoms with E-state index >= 15 is 0 Å². The highest BCUT2D eigenvalue weighted by Crippen LogP contribution is 2.27. The number of fused-ring (bicyclic) bond motifs is 1. The number of benzene rings is 1. The molecule has 3 nitrogen and oxygen atoms in total. The molecule has 0 saturated carbocycles. The van der Waals surface area contributed by atoms with Gasteiger partial charge in [0.25, 0.3) is 0 Å². The van der Waals surface area contributed by atoms with Gasteiger partial charge in [-0.25, -0.2) is 9.78 Å². The van der Waals surface area contributed by atoms with Crippen molar-refractivity contribution in [3.8, 4) is 0 Å². The fraction of sp³-hybridized carbons (Fsp3) is 0.333. The summed E-state index contributed by atoms with van der Waals surface area (Å²) in [4.78, 5) is 16.9. The number of carboxylic acids is 1. The standard InChI is InChI=1S/C15H15NO2S/c17-15(18)11-7-5-10(6-8-11)9-14-16-12-3-1-2-4-13(12)19-14/h5-8H,1-4,9H2,(H,17,18). The van der Waals surface area contributed by atoms with Crippen LogP contribution in [-0.4, -0.2) is 16.1 Å². The van der Waals surface area contributed by atoms with Crippen molar-refractivity contribution in [3.05, 3.63) is 51.0 Å². The number of aromatic nitrogens is 1. The lowest BCUT2D eigenvalue weighted by atomic mass is 10.0. The molecule has 0 saturated heterocycles. The lowest BCUT2D eigenvalue weighted by Gasteiger charge is -2.06. The van der Waals surface area contributed by atoms with Crippen molar-refractivity contribution in [2.24, 2.45) is 0 Å². The van der Waals surface area contributed by atoms with Crippen molar-refractivity contribution in [2.45, 2.75) is 32.1 Å². The zero-order valence-corrected chi connectivity index (χ0v) is 11.4. The van der Waals surface area contributed by atoms with Gasteiger partial charge in [0, 0.05) is 11.3 Å². The molecule has 1 aromatic carbocycles. The normalized spacial score (nSPS) is 14.1. The van der Waals surface area contributed by atoms with Crippen LogP contribution < -0.4 is 0 Å². The van der Waals surface area contributed by atoms with Gasteiger partial charge in [-0.1, -0.05) is 12.1 Å². The van der Waals surface area contributed by atoms with E-state index < -0.39 is 5.97 Å². The summed E-state index contributed by atoms with van der Waals surface area (Å²) in [6, 6.07) is 7.07. The van der Waals surface area contributed by atoms with Gasteiger partial charge in [-0.2, -0.15) is 0 Å². The summed E-state index contributed by atoms with van der Waals surface area (Å²) in [5.74, 6) is -0.878. The lowest BCUT2D eigenvalue weighted by Crippen LogP contribution is -1.99. The van der Waals surface area contributed by atoms with Crippen LogP contribution in [0.1, 0.15) is 44.3 Å². The largest absolute Gasteiger partial charge is 0.478 e. The van der Waals surface area contributed by atoms with Crippen LogP contribution in [0, 0.1) is 0 Å². The average Bonchev–Trinajstić information content (AvgIpc) is 2.81. The van der Waals surface area contributed by atoms with E-state index in [2.05, 4.69) is 0 Å². The van der Waals surface area contributed by atoms with Crippen LogP contribution in [-0.2, 0) is 19.3 Å². The summed E-state index contributed by atoms with van der Waals surface area (Å²) in [6.07, 6.45) is 5.62. The predicted molar refractivity (Wildman–Crippen MR) is 75.0 cm³/mol. The molecule has 3 rings (SSSR count). The Hall–Kier alpha value is -1.68. The first kappa shape index (κ1) is 12.4. The fourth-order valence-electron chi connectivity index (χ4n) is 2.42. The number of nitrogens with zero attached hydrogens (tertiary/aromatic N) is 1. The second-order valence-electron chi connectivity index (χ2n) is 4.86. The summed E-state index contributed by atoms with van der Waals surface area (Å²) in [5.41, 5.74) is 2.74. The van der Waals surface area contributed by atoms with E-state index in [0.29, 0.717) is 5.56 Å². The van der Waals surface area contributed by atoms with Gasteiger partial charge < -0.3 is 5.11 Å². The molecule has 0 spiro atoms. The minimum absolute atomic E-state index is 0.335. The summed E-state index contributed by atoms with van der Waals surface area (Å²) in [5, 5.41) is 10.0. The number of aryl methyl sites for hydroxylation is 2. The maximum absolute atomic E-state index is 10.8. The van der Waals surface area contributed by atoms with Crippen LogP contribution in [0.3, 0.4) is 0 Å². The Bertz CT molecular complexity index is 578. The Morgan fingerprint density at radius 2 is 1.95 bits per heavy atom. The number of rotatable bonds is 3. The number of hydrogen-bond acceptors (Lipinski definition) is 3. The quantitative estimate of drug-likeness (QED) is 0.933. The maximum atomic E-state index is 10.8. The van der Waals surface area contributed by atoms with E-state index in [4.69, 9.17) is 10.1 Å². The maximum Gasteiger partial charge on any atom is 0.335 e. The Morgan fingerprint density at radius 1 is 1.21 bits per heavy atom. The zero-order chi connectivity index (χ0) is 13.2. The van der Waals surface area contributed by atoms with Crippen molar-refractivity contribution in [1.82, 2.24) is 4.98 Å². The fourth-order valence-corrected chi connectivity index (χ4v) is 3.61. The van der Waals surface area contributed by atoms with Crippen molar-refractivity contribution in [2.75, 3.05) is 0 Å². The van der Waals surface area contributed by atoms with E-state index in [9.17, 15) is 4.79 Å². The number of carboxylic acid groups (broad SMARTS) is 1. The molecule has 0 aliphatic heterocycles. The minimum Gasteiger partial charge on any atom is -0.478 e. The molecule has 1 N–H and O–H groups in total. The molecule has 0 unspecified atom stereocenters.